The summed E-state index contributed by atoms with van der Waals surface area (Å²) in [5.41, 5.74) is 8.39. The minimum atomic E-state index is -0.402. The quantitative estimate of drug-likeness (QED) is 0.681. The van der Waals surface area contributed by atoms with Crippen molar-refractivity contribution in [2.24, 2.45) is 0 Å². The van der Waals surface area contributed by atoms with Gasteiger partial charge in [-0.15, -0.1) is 5.10 Å². The molecule has 1 saturated heterocycles. The molecule has 2 aromatic rings. The molecule has 0 radical (unpaired) electrons. The summed E-state index contributed by atoms with van der Waals surface area (Å²) in [5, 5.41) is 7.56. The van der Waals surface area contributed by atoms with E-state index in [0.717, 1.165) is 30.9 Å². The molecule has 2 aliphatic rings. The maximum atomic E-state index is 11.5. The molecular formula is C22H26N6O2. The molecule has 156 valence electrons. The first-order valence-electron chi connectivity index (χ1n) is 10.2. The Hall–Kier alpha value is -3.35. The molecule has 0 saturated carbocycles. The minimum Gasteiger partial charge on any atom is -0.492 e. The number of rotatable bonds is 7. The topological polar surface area (TPSA) is 98.3 Å². The van der Waals surface area contributed by atoms with Gasteiger partial charge in [0.1, 0.15) is 18.3 Å². The van der Waals surface area contributed by atoms with Gasteiger partial charge in [0, 0.05) is 6.54 Å². The van der Waals surface area contributed by atoms with Gasteiger partial charge in [0.2, 0.25) is 11.9 Å². The lowest BCUT2D eigenvalue weighted by Gasteiger charge is -2.19. The Morgan fingerprint density at radius 1 is 1.33 bits per heavy atom. The summed E-state index contributed by atoms with van der Waals surface area (Å²) >= 11 is 0. The number of nitrogens with one attached hydrogen (secondary N) is 1. The fraction of sp³-hybridized carbons (Fsp3) is 0.364. The number of hydrogen-bond donors (Lipinski definition) is 2. The Labute approximate surface area is 175 Å². The molecule has 1 atom stereocenters. The van der Waals surface area contributed by atoms with Crippen molar-refractivity contribution in [3.05, 3.63) is 59.4 Å². The molecule has 1 unspecified atom stereocenters. The third-order valence-electron chi connectivity index (χ3n) is 5.24. The number of nitrogen functional groups attached to an aromatic ring is 1. The normalized spacial score (nSPS) is 18.9. The van der Waals surface area contributed by atoms with Crippen LogP contribution in [0.1, 0.15) is 18.4 Å². The van der Waals surface area contributed by atoms with Crippen molar-refractivity contribution >= 4 is 17.8 Å². The first-order valence-corrected chi connectivity index (χ1v) is 10.2. The molecule has 1 aliphatic carbocycles. The van der Waals surface area contributed by atoms with Crippen LogP contribution in [0.3, 0.4) is 0 Å². The Morgan fingerprint density at radius 3 is 2.93 bits per heavy atom. The number of nitrogens with two attached hydrogens (primary N) is 1. The van der Waals surface area contributed by atoms with E-state index in [-0.39, 0.29) is 5.95 Å². The van der Waals surface area contributed by atoms with Gasteiger partial charge in [-0.05, 0) is 62.7 Å². The molecule has 1 fully saturated rings. The van der Waals surface area contributed by atoms with Crippen LogP contribution in [0.25, 0.3) is 5.69 Å². The molecule has 0 amide bonds. The molecular weight excluding hydrogens is 380 g/mol. The van der Waals surface area contributed by atoms with Crippen LogP contribution in [0.15, 0.2) is 53.8 Å². The fourth-order valence-corrected chi connectivity index (χ4v) is 3.67. The maximum absolute atomic E-state index is 11.5. The van der Waals surface area contributed by atoms with Crippen molar-refractivity contribution in [3.8, 4) is 5.69 Å². The fourth-order valence-electron chi connectivity index (χ4n) is 3.67. The summed E-state index contributed by atoms with van der Waals surface area (Å²) in [6, 6.07) is 7.42. The number of aryl methyl sites for hydroxylation is 1. The van der Waals surface area contributed by atoms with E-state index in [4.69, 9.17) is 10.5 Å². The number of anilines is 2. The van der Waals surface area contributed by atoms with Crippen LogP contribution in [0.4, 0.5) is 11.9 Å². The highest BCUT2D eigenvalue weighted by Crippen LogP contribution is 2.21. The van der Waals surface area contributed by atoms with E-state index in [1.807, 2.05) is 49.3 Å². The van der Waals surface area contributed by atoms with E-state index in [0.29, 0.717) is 23.9 Å². The molecule has 4 rings (SSSR count). The second-order valence-electron chi connectivity index (χ2n) is 7.53. The zero-order valence-corrected chi connectivity index (χ0v) is 17.0. The average molecular weight is 406 g/mol. The smallest absolute Gasteiger partial charge is 0.245 e. The molecule has 8 heteroatoms. The van der Waals surface area contributed by atoms with E-state index in [9.17, 15) is 4.79 Å². The standard InChI is InChI=1S/C22H26N6O2/c1-16-5-4-6-18(13-16)28-21(23)25-22(26-28)24-20-8-7-19(14-17(20)15-29)30-12-11-27-9-2-3-10-27/h4-8,13-14,20H,2-3,9-12H2,1H3,(H3,23,24,25,26). The van der Waals surface area contributed by atoms with Gasteiger partial charge in [-0.3, -0.25) is 4.90 Å². The Morgan fingerprint density at radius 2 is 2.17 bits per heavy atom. The highest BCUT2D eigenvalue weighted by molar-refractivity contribution is 5.65. The second kappa shape index (κ2) is 8.98. The number of carbonyl (C=O) groups excluding carboxylic acids is 1. The van der Waals surface area contributed by atoms with Gasteiger partial charge in [-0.25, -0.2) is 4.79 Å². The number of ether oxygens (including phenoxy) is 1. The van der Waals surface area contributed by atoms with E-state index in [1.165, 1.54) is 12.8 Å². The van der Waals surface area contributed by atoms with Crippen LogP contribution in [-0.4, -0.2) is 57.9 Å². The monoisotopic (exact) mass is 406 g/mol. The van der Waals surface area contributed by atoms with E-state index in [2.05, 4.69) is 20.3 Å². The van der Waals surface area contributed by atoms with Crippen molar-refractivity contribution < 1.29 is 9.53 Å². The van der Waals surface area contributed by atoms with Crippen molar-refractivity contribution in [2.45, 2.75) is 25.8 Å². The second-order valence-corrected chi connectivity index (χ2v) is 7.53. The third kappa shape index (κ3) is 4.62. The lowest BCUT2D eigenvalue weighted by molar-refractivity contribution is 0.179. The van der Waals surface area contributed by atoms with Crippen LogP contribution in [0.2, 0.25) is 0 Å². The molecule has 1 aliphatic heterocycles. The number of likely N-dealkylation sites (tertiary alicyclic amines) is 1. The molecule has 30 heavy (non-hydrogen) atoms. The molecule has 8 nitrogen and oxygen atoms in total. The average Bonchev–Trinajstić information content (AvgIpc) is 3.38. The summed E-state index contributed by atoms with van der Waals surface area (Å²) in [4.78, 5) is 18.2. The highest BCUT2D eigenvalue weighted by Gasteiger charge is 2.19. The van der Waals surface area contributed by atoms with Crippen LogP contribution in [-0.2, 0) is 9.53 Å². The molecule has 2 heterocycles. The minimum absolute atomic E-state index is 0.265. The first kappa shape index (κ1) is 19.9. The number of benzene rings is 1. The Bertz CT molecular complexity index is 1010. The third-order valence-corrected chi connectivity index (χ3v) is 5.24. The summed E-state index contributed by atoms with van der Waals surface area (Å²) in [6.07, 6.45) is 7.91. The summed E-state index contributed by atoms with van der Waals surface area (Å²) in [6.45, 7) is 5.76. The van der Waals surface area contributed by atoms with E-state index < -0.39 is 6.04 Å². The molecule has 0 bridgehead atoms. The Kier molecular flexibility index (Phi) is 5.97. The largest absolute Gasteiger partial charge is 0.492 e. The van der Waals surface area contributed by atoms with Crippen LogP contribution >= 0.6 is 0 Å². The zero-order chi connectivity index (χ0) is 20.9. The summed E-state index contributed by atoms with van der Waals surface area (Å²) < 4.78 is 7.38. The first-order chi connectivity index (χ1) is 14.6. The van der Waals surface area contributed by atoms with Gasteiger partial charge in [0.25, 0.3) is 0 Å². The van der Waals surface area contributed by atoms with Crippen molar-refractivity contribution in [1.29, 1.82) is 0 Å². The number of aromatic nitrogens is 3. The maximum Gasteiger partial charge on any atom is 0.245 e. The molecule has 0 spiro atoms. The Balaban J connectivity index is 1.39. The van der Waals surface area contributed by atoms with Gasteiger partial charge in [-0.1, -0.05) is 18.2 Å². The highest BCUT2D eigenvalue weighted by atomic mass is 16.5. The van der Waals surface area contributed by atoms with Gasteiger partial charge >= 0.3 is 0 Å². The van der Waals surface area contributed by atoms with E-state index >= 15 is 0 Å². The number of hydrogen-bond acceptors (Lipinski definition) is 7. The molecule has 3 N–H and O–H groups in total. The van der Waals surface area contributed by atoms with Gasteiger partial charge in [-0.2, -0.15) is 9.67 Å². The van der Waals surface area contributed by atoms with Crippen LogP contribution < -0.4 is 11.1 Å². The summed E-state index contributed by atoms with van der Waals surface area (Å²) in [5.74, 6) is 3.25. The SMILES string of the molecule is Cc1cccc(-n2nc(NC3C=CC(OCCN4CCCC4)=CC3=C=O)nc2N)c1. The van der Waals surface area contributed by atoms with Crippen LogP contribution in [0, 0.1) is 6.92 Å². The molecule has 1 aromatic carbocycles. The van der Waals surface area contributed by atoms with Crippen molar-refractivity contribution in [1.82, 2.24) is 19.7 Å². The lowest BCUT2D eigenvalue weighted by Crippen LogP contribution is -2.25. The number of allylic oxidation sites excluding steroid dienone is 1. The zero-order valence-electron chi connectivity index (χ0n) is 17.0. The lowest BCUT2D eigenvalue weighted by atomic mass is 10.0. The van der Waals surface area contributed by atoms with Gasteiger partial charge in [0.15, 0.2) is 0 Å². The van der Waals surface area contributed by atoms with Gasteiger partial charge < -0.3 is 15.8 Å². The van der Waals surface area contributed by atoms with Crippen molar-refractivity contribution in [3.63, 3.8) is 0 Å². The predicted molar refractivity (Wildman–Crippen MR) is 116 cm³/mol. The van der Waals surface area contributed by atoms with Crippen molar-refractivity contribution in [2.75, 3.05) is 37.3 Å². The number of nitrogens with zero attached hydrogens (tertiary/aromatic N) is 4. The van der Waals surface area contributed by atoms with Gasteiger partial charge in [0.05, 0.1) is 17.3 Å². The van der Waals surface area contributed by atoms with Crippen LogP contribution in [0.5, 0.6) is 0 Å². The molecule has 1 aromatic heterocycles. The summed E-state index contributed by atoms with van der Waals surface area (Å²) in [7, 11) is 0. The van der Waals surface area contributed by atoms with E-state index in [1.54, 1.807) is 10.8 Å². The predicted octanol–water partition coefficient (Wildman–Crippen LogP) is 2.26.